The molecule has 1 aromatic rings. The average Bonchev–Trinajstić information content (AvgIpc) is 3.19. The molecule has 23 heavy (non-hydrogen) atoms. The number of carbonyl (C=O) groups is 2. The molecule has 3 atom stereocenters. The summed E-state index contributed by atoms with van der Waals surface area (Å²) in [6.07, 6.45) is 2.75. The fourth-order valence-electron chi connectivity index (χ4n) is 3.44. The summed E-state index contributed by atoms with van der Waals surface area (Å²) in [6, 6.07) is 1.64. The summed E-state index contributed by atoms with van der Waals surface area (Å²) in [7, 11) is 1.84. The van der Waals surface area contributed by atoms with Crippen LogP contribution in [-0.4, -0.2) is 51.7 Å². The van der Waals surface area contributed by atoms with Crippen molar-refractivity contribution in [3.8, 4) is 0 Å². The lowest BCUT2D eigenvalue weighted by atomic mass is 9.97. The summed E-state index contributed by atoms with van der Waals surface area (Å²) in [5.41, 5.74) is 0.893. The van der Waals surface area contributed by atoms with Crippen LogP contribution in [-0.2, 0) is 21.4 Å². The Hall–Kier alpha value is -1.89. The Morgan fingerprint density at radius 3 is 2.83 bits per heavy atom. The van der Waals surface area contributed by atoms with Crippen LogP contribution in [0.25, 0.3) is 0 Å². The highest BCUT2D eigenvalue weighted by molar-refractivity contribution is 5.90. The minimum atomic E-state index is -0.405. The van der Waals surface area contributed by atoms with E-state index in [4.69, 9.17) is 4.74 Å². The van der Waals surface area contributed by atoms with Gasteiger partial charge in [0.1, 0.15) is 12.1 Å². The first-order valence-electron chi connectivity index (χ1n) is 8.19. The molecule has 7 heteroatoms. The van der Waals surface area contributed by atoms with E-state index in [2.05, 4.69) is 10.4 Å². The third kappa shape index (κ3) is 2.97. The van der Waals surface area contributed by atoms with Gasteiger partial charge in [0, 0.05) is 32.4 Å². The second kappa shape index (κ2) is 6.31. The predicted molar refractivity (Wildman–Crippen MR) is 83.4 cm³/mol. The fourth-order valence-corrected chi connectivity index (χ4v) is 3.44. The first-order chi connectivity index (χ1) is 11.0. The third-order valence-electron chi connectivity index (χ3n) is 4.76. The SMILES string of the molecule is CC(C)N1CC[C@H](NC(=O)[C@@H]2CCO[C@H]2c2ccnn2C)C1=O. The number of amides is 2. The Morgan fingerprint density at radius 2 is 2.22 bits per heavy atom. The normalized spacial score (nSPS) is 27.9. The molecule has 3 rings (SSSR count). The summed E-state index contributed by atoms with van der Waals surface area (Å²) in [6.45, 7) is 5.23. The molecule has 2 aliphatic heterocycles. The van der Waals surface area contributed by atoms with Gasteiger partial charge >= 0.3 is 0 Å². The van der Waals surface area contributed by atoms with Gasteiger partial charge in [0.05, 0.1) is 11.6 Å². The molecule has 0 saturated carbocycles. The van der Waals surface area contributed by atoms with Crippen molar-refractivity contribution in [3.05, 3.63) is 18.0 Å². The minimum Gasteiger partial charge on any atom is -0.371 e. The van der Waals surface area contributed by atoms with Crippen LogP contribution in [0, 0.1) is 5.92 Å². The van der Waals surface area contributed by atoms with E-state index in [1.54, 1.807) is 10.9 Å². The summed E-state index contributed by atoms with van der Waals surface area (Å²) in [5, 5.41) is 7.07. The number of aryl methyl sites for hydroxylation is 1. The van der Waals surface area contributed by atoms with Gasteiger partial charge in [-0.05, 0) is 32.8 Å². The number of carbonyl (C=O) groups excluding carboxylic acids is 2. The van der Waals surface area contributed by atoms with Gasteiger partial charge in [0.15, 0.2) is 0 Å². The highest BCUT2D eigenvalue weighted by Crippen LogP contribution is 2.34. The predicted octanol–water partition coefficient (Wildman–Crippen LogP) is 0.623. The molecule has 0 aliphatic carbocycles. The van der Waals surface area contributed by atoms with E-state index in [1.807, 2.05) is 31.9 Å². The van der Waals surface area contributed by atoms with Crippen LogP contribution in [0.4, 0.5) is 0 Å². The number of hydrogen-bond donors (Lipinski definition) is 1. The van der Waals surface area contributed by atoms with Crippen molar-refractivity contribution in [2.24, 2.45) is 13.0 Å². The molecule has 2 fully saturated rings. The molecule has 0 unspecified atom stereocenters. The lowest BCUT2D eigenvalue weighted by Gasteiger charge is -2.22. The Bertz CT molecular complexity index is 598. The maximum atomic E-state index is 12.6. The number of likely N-dealkylation sites (tertiary alicyclic amines) is 1. The first-order valence-corrected chi connectivity index (χ1v) is 8.19. The number of rotatable bonds is 4. The highest BCUT2D eigenvalue weighted by Gasteiger charge is 2.40. The second-order valence-corrected chi connectivity index (χ2v) is 6.54. The molecule has 0 bridgehead atoms. The van der Waals surface area contributed by atoms with Gasteiger partial charge in [-0.2, -0.15) is 5.10 Å². The maximum absolute atomic E-state index is 12.6. The standard InChI is InChI=1S/C16H24N4O3/c1-10(2)20-8-5-12(16(20)22)18-15(21)11-6-9-23-14(11)13-4-7-17-19(13)3/h4,7,10-12,14H,5-6,8-9H2,1-3H3,(H,18,21)/t11-,12+,14-/m1/s1. The lowest BCUT2D eigenvalue weighted by molar-refractivity contribution is -0.135. The van der Waals surface area contributed by atoms with Gasteiger partial charge in [-0.15, -0.1) is 0 Å². The summed E-state index contributed by atoms with van der Waals surface area (Å²) in [5.74, 6) is -0.353. The van der Waals surface area contributed by atoms with Crippen LogP contribution in [0.5, 0.6) is 0 Å². The molecule has 3 heterocycles. The molecule has 1 N–H and O–H groups in total. The molecule has 7 nitrogen and oxygen atoms in total. The topological polar surface area (TPSA) is 76.5 Å². The Balaban J connectivity index is 1.66. The van der Waals surface area contributed by atoms with E-state index in [0.717, 1.165) is 5.69 Å². The molecular weight excluding hydrogens is 296 g/mol. The van der Waals surface area contributed by atoms with Crippen molar-refractivity contribution in [1.82, 2.24) is 20.0 Å². The van der Waals surface area contributed by atoms with E-state index in [9.17, 15) is 9.59 Å². The van der Waals surface area contributed by atoms with Gasteiger partial charge in [0.2, 0.25) is 11.8 Å². The van der Waals surface area contributed by atoms with Crippen molar-refractivity contribution in [2.45, 2.75) is 44.9 Å². The monoisotopic (exact) mass is 320 g/mol. The molecule has 0 aromatic carbocycles. The zero-order valence-electron chi connectivity index (χ0n) is 13.9. The van der Waals surface area contributed by atoms with Gasteiger partial charge in [0.25, 0.3) is 0 Å². The largest absolute Gasteiger partial charge is 0.371 e. The number of hydrogen-bond acceptors (Lipinski definition) is 4. The van der Waals surface area contributed by atoms with E-state index < -0.39 is 6.04 Å². The van der Waals surface area contributed by atoms with Gasteiger partial charge in [-0.25, -0.2) is 0 Å². The summed E-state index contributed by atoms with van der Waals surface area (Å²) >= 11 is 0. The fraction of sp³-hybridized carbons (Fsp3) is 0.688. The Labute approximate surface area is 136 Å². The highest BCUT2D eigenvalue weighted by atomic mass is 16.5. The van der Waals surface area contributed by atoms with E-state index >= 15 is 0 Å². The number of ether oxygens (including phenoxy) is 1. The van der Waals surface area contributed by atoms with Crippen LogP contribution in [0.15, 0.2) is 12.3 Å². The zero-order chi connectivity index (χ0) is 16.6. The van der Waals surface area contributed by atoms with Crippen LogP contribution in [0.1, 0.15) is 38.5 Å². The molecule has 0 radical (unpaired) electrons. The number of aromatic nitrogens is 2. The van der Waals surface area contributed by atoms with Crippen molar-refractivity contribution >= 4 is 11.8 Å². The third-order valence-corrected chi connectivity index (χ3v) is 4.76. The molecule has 1 aromatic heterocycles. The summed E-state index contributed by atoms with van der Waals surface area (Å²) in [4.78, 5) is 26.8. The zero-order valence-corrected chi connectivity index (χ0v) is 13.9. The molecule has 2 saturated heterocycles. The summed E-state index contributed by atoms with van der Waals surface area (Å²) < 4.78 is 7.48. The molecular formula is C16H24N4O3. The average molecular weight is 320 g/mol. The Kier molecular flexibility index (Phi) is 4.39. The van der Waals surface area contributed by atoms with Crippen LogP contribution in [0.3, 0.4) is 0 Å². The lowest BCUT2D eigenvalue weighted by Crippen LogP contribution is -2.45. The van der Waals surface area contributed by atoms with Gasteiger partial charge < -0.3 is 15.0 Å². The maximum Gasteiger partial charge on any atom is 0.245 e. The number of nitrogens with zero attached hydrogens (tertiary/aromatic N) is 3. The minimum absolute atomic E-state index is 0.0179. The quantitative estimate of drug-likeness (QED) is 0.882. The van der Waals surface area contributed by atoms with E-state index in [0.29, 0.717) is 26.0 Å². The van der Waals surface area contributed by atoms with E-state index in [-0.39, 0.29) is 29.9 Å². The van der Waals surface area contributed by atoms with Crippen LogP contribution >= 0.6 is 0 Å². The molecule has 2 amide bonds. The van der Waals surface area contributed by atoms with Crippen molar-refractivity contribution in [3.63, 3.8) is 0 Å². The van der Waals surface area contributed by atoms with Crippen molar-refractivity contribution in [1.29, 1.82) is 0 Å². The van der Waals surface area contributed by atoms with Gasteiger partial charge in [-0.3, -0.25) is 14.3 Å². The molecule has 2 aliphatic rings. The van der Waals surface area contributed by atoms with E-state index in [1.165, 1.54) is 0 Å². The van der Waals surface area contributed by atoms with Crippen LogP contribution in [0.2, 0.25) is 0 Å². The van der Waals surface area contributed by atoms with Crippen molar-refractivity contribution < 1.29 is 14.3 Å². The smallest absolute Gasteiger partial charge is 0.245 e. The van der Waals surface area contributed by atoms with Crippen LogP contribution < -0.4 is 5.32 Å². The second-order valence-electron chi connectivity index (χ2n) is 6.54. The molecule has 126 valence electrons. The number of nitrogens with one attached hydrogen (secondary N) is 1. The Morgan fingerprint density at radius 1 is 1.43 bits per heavy atom. The first kappa shape index (κ1) is 16.0. The van der Waals surface area contributed by atoms with Gasteiger partial charge in [-0.1, -0.05) is 0 Å². The van der Waals surface area contributed by atoms with Crippen molar-refractivity contribution in [2.75, 3.05) is 13.2 Å². The molecule has 0 spiro atoms.